The Bertz CT molecular complexity index is 353. The minimum atomic E-state index is -0.0342. The highest BCUT2D eigenvalue weighted by Crippen LogP contribution is 2.24. The monoisotopic (exact) mass is 253 g/mol. The van der Waals surface area contributed by atoms with E-state index >= 15 is 0 Å². The minimum absolute atomic E-state index is 0.0342. The maximum atomic E-state index is 9.45. The van der Waals surface area contributed by atoms with E-state index in [2.05, 4.69) is 25.2 Å². The Morgan fingerprint density at radius 1 is 1.29 bits per heavy atom. The van der Waals surface area contributed by atoms with Gasteiger partial charge in [-0.25, -0.2) is 0 Å². The molecule has 1 heterocycles. The molecule has 1 aromatic heterocycles. The molecule has 1 aliphatic rings. The van der Waals surface area contributed by atoms with Gasteiger partial charge < -0.3 is 10.4 Å². The summed E-state index contributed by atoms with van der Waals surface area (Å²) in [7, 11) is 0. The first-order valence-corrected chi connectivity index (χ1v) is 7.41. The van der Waals surface area contributed by atoms with Gasteiger partial charge in [0.05, 0.1) is 6.10 Å². The molecular weight excluding hydrogens is 230 g/mol. The summed E-state index contributed by atoms with van der Waals surface area (Å²) in [5.41, 5.74) is 1.45. The molecule has 2 N–H and O–H groups in total. The minimum Gasteiger partial charge on any atom is -0.393 e. The summed E-state index contributed by atoms with van der Waals surface area (Å²) in [4.78, 5) is 2.84. The van der Waals surface area contributed by atoms with E-state index in [4.69, 9.17) is 0 Å². The Labute approximate surface area is 108 Å². The van der Waals surface area contributed by atoms with Gasteiger partial charge in [0, 0.05) is 16.3 Å². The molecule has 1 aliphatic carbocycles. The van der Waals surface area contributed by atoms with Crippen LogP contribution in [0.3, 0.4) is 0 Å². The Morgan fingerprint density at radius 3 is 2.59 bits per heavy atom. The number of aliphatic hydroxyl groups is 1. The zero-order chi connectivity index (χ0) is 12.3. The highest BCUT2D eigenvalue weighted by atomic mass is 32.1. The molecular formula is C14H23NOS. The van der Waals surface area contributed by atoms with Crippen LogP contribution in [0.5, 0.6) is 0 Å². The molecule has 3 heteroatoms. The fourth-order valence-electron chi connectivity index (χ4n) is 2.62. The van der Waals surface area contributed by atoms with E-state index in [0.717, 1.165) is 31.8 Å². The largest absolute Gasteiger partial charge is 0.393 e. The predicted molar refractivity (Wildman–Crippen MR) is 73.5 cm³/mol. The molecule has 96 valence electrons. The maximum absolute atomic E-state index is 9.45. The van der Waals surface area contributed by atoms with E-state index in [1.807, 2.05) is 11.3 Å². The van der Waals surface area contributed by atoms with Crippen LogP contribution in [0.1, 0.15) is 41.0 Å². The number of rotatable bonds is 4. The van der Waals surface area contributed by atoms with Gasteiger partial charge in [0.15, 0.2) is 0 Å². The molecule has 2 rings (SSSR count). The molecule has 1 saturated carbocycles. The van der Waals surface area contributed by atoms with Crippen LogP contribution in [0.4, 0.5) is 0 Å². The molecule has 0 radical (unpaired) electrons. The van der Waals surface area contributed by atoms with Crippen molar-refractivity contribution in [2.45, 2.75) is 52.2 Å². The summed E-state index contributed by atoms with van der Waals surface area (Å²) in [6.45, 7) is 6.46. The van der Waals surface area contributed by atoms with Crippen LogP contribution in [0, 0.1) is 19.8 Å². The molecule has 0 spiro atoms. The standard InChI is InChI=1S/C14H23NOS/c1-10-7-13(11(2)17-10)9-15-8-12-3-5-14(16)6-4-12/h7,12,14-16H,3-6,8-9H2,1-2H3. The molecule has 0 aromatic carbocycles. The Hall–Kier alpha value is -0.380. The fraction of sp³-hybridized carbons (Fsp3) is 0.714. The molecule has 2 nitrogen and oxygen atoms in total. The van der Waals surface area contributed by atoms with Crippen molar-refractivity contribution in [2.24, 2.45) is 5.92 Å². The van der Waals surface area contributed by atoms with Gasteiger partial charge in [-0.05, 0) is 63.6 Å². The zero-order valence-electron chi connectivity index (χ0n) is 10.8. The molecule has 0 unspecified atom stereocenters. The van der Waals surface area contributed by atoms with Gasteiger partial charge in [-0.1, -0.05) is 0 Å². The lowest BCUT2D eigenvalue weighted by molar-refractivity contribution is 0.108. The van der Waals surface area contributed by atoms with E-state index in [0.29, 0.717) is 0 Å². The number of aryl methyl sites for hydroxylation is 2. The van der Waals surface area contributed by atoms with Crippen molar-refractivity contribution >= 4 is 11.3 Å². The molecule has 1 fully saturated rings. The van der Waals surface area contributed by atoms with Gasteiger partial charge in [0.1, 0.15) is 0 Å². The van der Waals surface area contributed by atoms with Crippen LogP contribution in [0.25, 0.3) is 0 Å². The van der Waals surface area contributed by atoms with Crippen molar-refractivity contribution in [3.8, 4) is 0 Å². The SMILES string of the molecule is Cc1cc(CNCC2CCC(O)CC2)c(C)s1. The van der Waals surface area contributed by atoms with E-state index in [1.165, 1.54) is 28.2 Å². The number of thiophene rings is 1. The molecule has 0 aliphatic heterocycles. The summed E-state index contributed by atoms with van der Waals surface area (Å²) >= 11 is 1.88. The average Bonchev–Trinajstić information content (AvgIpc) is 2.60. The topological polar surface area (TPSA) is 32.3 Å². The highest BCUT2D eigenvalue weighted by molar-refractivity contribution is 7.12. The van der Waals surface area contributed by atoms with Gasteiger partial charge >= 0.3 is 0 Å². The molecule has 0 saturated heterocycles. The third kappa shape index (κ3) is 3.80. The lowest BCUT2D eigenvalue weighted by Gasteiger charge is -2.25. The van der Waals surface area contributed by atoms with Crippen LogP contribution in [0.2, 0.25) is 0 Å². The quantitative estimate of drug-likeness (QED) is 0.864. The normalized spacial score (nSPS) is 25.1. The van der Waals surface area contributed by atoms with Crippen molar-refractivity contribution in [3.05, 3.63) is 21.4 Å². The van der Waals surface area contributed by atoms with Gasteiger partial charge in [-0.3, -0.25) is 0 Å². The van der Waals surface area contributed by atoms with Gasteiger partial charge in [-0.2, -0.15) is 0 Å². The first kappa shape index (κ1) is 13.1. The summed E-state index contributed by atoms with van der Waals surface area (Å²) in [5.74, 6) is 0.762. The molecule has 17 heavy (non-hydrogen) atoms. The molecule has 0 atom stereocenters. The van der Waals surface area contributed by atoms with E-state index < -0.39 is 0 Å². The number of nitrogens with one attached hydrogen (secondary N) is 1. The van der Waals surface area contributed by atoms with Crippen molar-refractivity contribution < 1.29 is 5.11 Å². The average molecular weight is 253 g/mol. The van der Waals surface area contributed by atoms with Crippen LogP contribution >= 0.6 is 11.3 Å². The lowest BCUT2D eigenvalue weighted by Crippen LogP contribution is -2.27. The third-order valence-electron chi connectivity index (χ3n) is 3.71. The van der Waals surface area contributed by atoms with E-state index in [9.17, 15) is 5.11 Å². The Balaban J connectivity index is 1.71. The van der Waals surface area contributed by atoms with Crippen molar-refractivity contribution in [1.29, 1.82) is 0 Å². The van der Waals surface area contributed by atoms with Crippen LogP contribution in [-0.2, 0) is 6.54 Å². The summed E-state index contributed by atoms with van der Waals surface area (Å²) in [5, 5.41) is 13.0. The lowest BCUT2D eigenvalue weighted by atomic mass is 9.87. The van der Waals surface area contributed by atoms with E-state index in [1.54, 1.807) is 0 Å². The first-order valence-electron chi connectivity index (χ1n) is 6.60. The smallest absolute Gasteiger partial charge is 0.0540 e. The Kier molecular flexibility index (Phi) is 4.60. The number of hydrogen-bond acceptors (Lipinski definition) is 3. The van der Waals surface area contributed by atoms with Gasteiger partial charge in [0.2, 0.25) is 0 Å². The summed E-state index contributed by atoms with van der Waals surface area (Å²) in [6.07, 6.45) is 4.30. The first-order chi connectivity index (χ1) is 8.15. The fourth-order valence-corrected chi connectivity index (χ4v) is 3.57. The third-order valence-corrected chi connectivity index (χ3v) is 4.72. The van der Waals surface area contributed by atoms with Gasteiger partial charge in [-0.15, -0.1) is 11.3 Å². The van der Waals surface area contributed by atoms with Crippen LogP contribution in [-0.4, -0.2) is 17.8 Å². The highest BCUT2D eigenvalue weighted by Gasteiger charge is 2.18. The van der Waals surface area contributed by atoms with Crippen molar-refractivity contribution in [3.63, 3.8) is 0 Å². The van der Waals surface area contributed by atoms with E-state index in [-0.39, 0.29) is 6.10 Å². The summed E-state index contributed by atoms with van der Waals surface area (Å²) in [6, 6.07) is 2.29. The Morgan fingerprint density at radius 2 is 2.00 bits per heavy atom. The van der Waals surface area contributed by atoms with Crippen LogP contribution in [0.15, 0.2) is 6.07 Å². The number of aliphatic hydroxyl groups excluding tert-OH is 1. The number of hydrogen-bond donors (Lipinski definition) is 2. The second kappa shape index (κ2) is 5.98. The van der Waals surface area contributed by atoms with Gasteiger partial charge in [0.25, 0.3) is 0 Å². The summed E-state index contributed by atoms with van der Waals surface area (Å²) < 4.78 is 0. The zero-order valence-corrected chi connectivity index (χ0v) is 11.6. The van der Waals surface area contributed by atoms with Crippen LogP contribution < -0.4 is 5.32 Å². The maximum Gasteiger partial charge on any atom is 0.0540 e. The second-order valence-electron chi connectivity index (χ2n) is 5.24. The molecule has 0 bridgehead atoms. The van der Waals surface area contributed by atoms with Crippen molar-refractivity contribution in [2.75, 3.05) is 6.54 Å². The molecule has 0 amide bonds. The van der Waals surface area contributed by atoms with Crippen molar-refractivity contribution in [1.82, 2.24) is 5.32 Å². The molecule has 1 aromatic rings. The second-order valence-corrected chi connectivity index (χ2v) is 6.70. The predicted octanol–water partition coefficient (Wildman–Crippen LogP) is 3.01.